The standard InChI is InChI=1S/C56H69N11O10/c1-34(68)49-55(76)65-45(30-37-20-9-4-10-21-37)56(77)67(48(70)25-15-27-58)46(32-47(59)69)54(75)64-43(29-36-18-7-3-8-19-36)52(73)62-42(28-35-16-5-2-6-17-35)51(72)63-44(31-38-33-60-40-23-12-11-22-39(38)40)53(74)61-41(50(71)66-49)24-13-14-26-57/h2-12,16-23,33-34,41-46,49,60,68H,13-15,24-32,57-58H2,1H3,(H2,59,69)(H,61,74)(H,62,73)(H,63,72)(H,64,75)(H,65,76)(H,66,71)/t34-,41+,42+,43+,44-,45+,46+,49+/m1/s1. The first-order chi connectivity index (χ1) is 37.1. The maximum absolute atomic E-state index is 15.2. The Balaban J connectivity index is 1.53. The first-order valence-electron chi connectivity index (χ1n) is 25.8. The Morgan fingerprint density at radius 1 is 0.545 bits per heavy atom. The van der Waals surface area contributed by atoms with E-state index in [0.717, 1.165) is 10.9 Å². The van der Waals surface area contributed by atoms with Crippen LogP contribution in [0.25, 0.3) is 10.9 Å². The highest BCUT2D eigenvalue weighted by molar-refractivity contribution is 6.06. The highest BCUT2D eigenvalue weighted by Crippen LogP contribution is 2.21. The van der Waals surface area contributed by atoms with Gasteiger partial charge in [0.25, 0.3) is 5.91 Å². The van der Waals surface area contributed by atoms with Gasteiger partial charge in [0.05, 0.1) is 12.5 Å². The molecule has 0 spiro atoms. The van der Waals surface area contributed by atoms with Crippen LogP contribution >= 0.6 is 0 Å². The molecule has 14 N–H and O–H groups in total. The molecule has 2 heterocycles. The summed E-state index contributed by atoms with van der Waals surface area (Å²) in [6.07, 6.45) is -1.29. The number of H-pyrrole nitrogens is 1. The number of hydrogen-bond donors (Lipinski definition) is 11. The van der Waals surface area contributed by atoms with Crippen LogP contribution in [0.3, 0.4) is 0 Å². The Bertz CT molecular complexity index is 2830. The number of nitrogens with zero attached hydrogens (tertiary/aromatic N) is 1. The molecule has 4 aromatic carbocycles. The zero-order valence-electron chi connectivity index (χ0n) is 43.0. The number of aliphatic hydroxyl groups excluding tert-OH is 1. The van der Waals surface area contributed by atoms with Gasteiger partial charge in [-0.2, -0.15) is 0 Å². The van der Waals surface area contributed by atoms with Crippen molar-refractivity contribution in [1.29, 1.82) is 0 Å². The number of unbranched alkanes of at least 4 members (excludes halogenated alkanes) is 1. The van der Waals surface area contributed by atoms with Crippen LogP contribution in [0.5, 0.6) is 0 Å². The lowest BCUT2D eigenvalue weighted by Crippen LogP contribution is -2.63. The monoisotopic (exact) mass is 1060 g/mol. The second kappa shape index (κ2) is 28.6. The van der Waals surface area contributed by atoms with Crippen LogP contribution in [0.1, 0.15) is 67.7 Å². The Morgan fingerprint density at radius 3 is 1.52 bits per heavy atom. The van der Waals surface area contributed by atoms with Gasteiger partial charge in [-0.25, -0.2) is 0 Å². The molecule has 0 saturated carbocycles. The molecule has 6 rings (SSSR count). The van der Waals surface area contributed by atoms with Crippen LogP contribution in [0, 0.1) is 0 Å². The maximum atomic E-state index is 15.2. The van der Waals surface area contributed by atoms with Crippen molar-refractivity contribution in [1.82, 2.24) is 41.8 Å². The molecule has 1 saturated heterocycles. The normalized spacial score (nSPS) is 21.8. The summed E-state index contributed by atoms with van der Waals surface area (Å²) in [7, 11) is 0. The van der Waals surface area contributed by atoms with Crippen molar-refractivity contribution in [3.8, 4) is 0 Å². The van der Waals surface area contributed by atoms with Gasteiger partial charge in [-0.1, -0.05) is 109 Å². The number of nitrogens with one attached hydrogen (secondary N) is 7. The minimum Gasteiger partial charge on any atom is -0.391 e. The van der Waals surface area contributed by atoms with E-state index in [9.17, 15) is 43.5 Å². The number of amides is 9. The summed E-state index contributed by atoms with van der Waals surface area (Å²) in [5.41, 5.74) is 20.4. The molecule has 408 valence electrons. The Hall–Kier alpha value is -8.27. The van der Waals surface area contributed by atoms with E-state index in [1.807, 2.05) is 24.3 Å². The van der Waals surface area contributed by atoms with Gasteiger partial charge < -0.3 is 59.2 Å². The van der Waals surface area contributed by atoms with E-state index in [-0.39, 0.29) is 51.6 Å². The number of primary amides is 1. The maximum Gasteiger partial charge on any atom is 0.252 e. The molecule has 1 fully saturated rings. The van der Waals surface area contributed by atoms with Crippen molar-refractivity contribution in [2.75, 3.05) is 13.1 Å². The minimum atomic E-state index is -2.02. The molecule has 0 unspecified atom stereocenters. The van der Waals surface area contributed by atoms with Gasteiger partial charge >= 0.3 is 0 Å². The molecule has 21 heteroatoms. The molecule has 9 amide bonds. The van der Waals surface area contributed by atoms with Crippen molar-refractivity contribution in [2.45, 2.75) is 120 Å². The minimum absolute atomic E-state index is 0.0105. The predicted octanol–water partition coefficient (Wildman–Crippen LogP) is 0.209. The number of carbonyl (C=O) groups excluding carboxylic acids is 9. The lowest BCUT2D eigenvalue weighted by Gasteiger charge is -2.34. The number of benzene rings is 4. The zero-order chi connectivity index (χ0) is 55.4. The van der Waals surface area contributed by atoms with Crippen molar-refractivity contribution in [3.05, 3.63) is 144 Å². The lowest BCUT2D eigenvalue weighted by atomic mass is 9.99. The molecule has 8 atom stereocenters. The van der Waals surface area contributed by atoms with Crippen molar-refractivity contribution < 1.29 is 48.3 Å². The van der Waals surface area contributed by atoms with Crippen LogP contribution in [0.4, 0.5) is 0 Å². The fourth-order valence-electron chi connectivity index (χ4n) is 9.15. The molecule has 0 bridgehead atoms. The summed E-state index contributed by atoms with van der Waals surface area (Å²) >= 11 is 0. The van der Waals surface area contributed by atoms with Crippen LogP contribution in [0.2, 0.25) is 0 Å². The Kier molecular flexibility index (Phi) is 21.5. The Labute approximate surface area is 446 Å². The average molecular weight is 1060 g/mol. The second-order valence-corrected chi connectivity index (χ2v) is 19.1. The summed E-state index contributed by atoms with van der Waals surface area (Å²) in [4.78, 5) is 135. The first kappa shape index (κ1) is 58.0. The smallest absolute Gasteiger partial charge is 0.252 e. The number of fused-ring (bicyclic) bond motifs is 1. The van der Waals surface area contributed by atoms with Crippen molar-refractivity contribution in [3.63, 3.8) is 0 Å². The van der Waals surface area contributed by atoms with Crippen LogP contribution in [0.15, 0.2) is 121 Å². The molecule has 1 aliphatic heterocycles. The first-order valence-corrected chi connectivity index (χ1v) is 25.8. The summed E-state index contributed by atoms with van der Waals surface area (Å²) in [5.74, 6) is -8.99. The van der Waals surface area contributed by atoms with Gasteiger partial charge in [0.1, 0.15) is 42.3 Å². The third-order valence-corrected chi connectivity index (χ3v) is 13.2. The van der Waals surface area contributed by atoms with E-state index in [2.05, 4.69) is 36.9 Å². The van der Waals surface area contributed by atoms with Crippen molar-refractivity contribution >= 4 is 64.1 Å². The van der Waals surface area contributed by atoms with E-state index in [4.69, 9.17) is 17.2 Å². The van der Waals surface area contributed by atoms with Gasteiger partial charge in [-0.3, -0.25) is 48.1 Å². The third kappa shape index (κ3) is 16.6. The van der Waals surface area contributed by atoms with Crippen molar-refractivity contribution in [2.24, 2.45) is 17.2 Å². The molecule has 1 aromatic heterocycles. The van der Waals surface area contributed by atoms with E-state index >= 15 is 4.79 Å². The van der Waals surface area contributed by atoms with Gasteiger partial charge in [-0.15, -0.1) is 0 Å². The van der Waals surface area contributed by atoms with Gasteiger partial charge in [0, 0.05) is 49.2 Å². The lowest BCUT2D eigenvalue weighted by molar-refractivity contribution is -0.155. The summed E-state index contributed by atoms with van der Waals surface area (Å²) < 4.78 is 0. The van der Waals surface area contributed by atoms with Crippen LogP contribution in [-0.4, -0.2) is 130 Å². The number of rotatable bonds is 18. The van der Waals surface area contributed by atoms with E-state index in [1.54, 1.807) is 97.2 Å². The topological polar surface area (TPSA) is 343 Å². The molecule has 1 aliphatic rings. The fourth-order valence-corrected chi connectivity index (χ4v) is 9.15. The number of nitrogens with two attached hydrogens (primary N) is 3. The molecule has 77 heavy (non-hydrogen) atoms. The summed E-state index contributed by atoms with van der Waals surface area (Å²) in [6, 6.07) is 21.5. The van der Waals surface area contributed by atoms with Crippen LogP contribution in [-0.2, 0) is 68.8 Å². The molecule has 0 radical (unpaired) electrons. The van der Waals surface area contributed by atoms with E-state index in [0.29, 0.717) is 40.0 Å². The van der Waals surface area contributed by atoms with Crippen LogP contribution < -0.4 is 49.1 Å². The largest absolute Gasteiger partial charge is 0.391 e. The van der Waals surface area contributed by atoms with Gasteiger partial charge in [0.15, 0.2) is 0 Å². The number of aromatic nitrogens is 1. The highest BCUT2D eigenvalue weighted by Gasteiger charge is 2.42. The fraction of sp³-hybridized carbons (Fsp3) is 0.375. The number of aliphatic hydroxyl groups is 1. The molecular weight excluding hydrogens is 987 g/mol. The predicted molar refractivity (Wildman–Crippen MR) is 286 cm³/mol. The van der Waals surface area contributed by atoms with E-state index in [1.165, 1.54) is 6.92 Å². The molecule has 0 aliphatic carbocycles. The zero-order valence-corrected chi connectivity index (χ0v) is 43.0. The second-order valence-electron chi connectivity index (χ2n) is 19.1. The molecule has 5 aromatic rings. The molecular formula is C56H69N11O10. The van der Waals surface area contributed by atoms with E-state index < -0.39 is 114 Å². The quantitative estimate of drug-likeness (QED) is 0.0525. The number of aromatic amines is 1. The summed E-state index contributed by atoms with van der Waals surface area (Å²) in [5, 5.41) is 28.1. The number of imide groups is 1. The van der Waals surface area contributed by atoms with Gasteiger partial charge in [-0.05, 0) is 74.0 Å². The highest BCUT2D eigenvalue weighted by atomic mass is 16.3. The third-order valence-electron chi connectivity index (χ3n) is 13.2. The van der Waals surface area contributed by atoms with Gasteiger partial charge in [0.2, 0.25) is 47.3 Å². The number of para-hydroxylation sites is 1. The number of carbonyl (C=O) groups is 9. The average Bonchev–Trinajstić information content (AvgIpc) is 3.83. The Morgan fingerprint density at radius 2 is 1.00 bits per heavy atom. The SMILES string of the molecule is C[C@@H](O)[C@@H]1NC(=O)[C@H](CCCCN)NC(=O)[C@@H](Cc2c[nH]c3ccccc23)NC(=O)[C@H](Cc2ccccc2)NC(=O)[C@H](Cc2ccccc2)NC(=O)[C@H](CC(N)=O)N(C(=O)CCCN)C(=O)[C@H](Cc2ccccc2)NC1=O. The summed E-state index contributed by atoms with van der Waals surface area (Å²) in [6.45, 7) is 1.44. The molecule has 21 nitrogen and oxygen atoms in total. The number of hydrogen-bond acceptors (Lipinski definition) is 12.